The van der Waals surface area contributed by atoms with Gasteiger partial charge in [-0.3, -0.25) is 4.79 Å². The molecule has 0 aliphatic carbocycles. The van der Waals surface area contributed by atoms with Gasteiger partial charge in [-0.05, 0) is 24.3 Å². The van der Waals surface area contributed by atoms with E-state index in [0.29, 0.717) is 6.29 Å². The van der Waals surface area contributed by atoms with Crippen LogP contribution in [0.25, 0.3) is 0 Å². The summed E-state index contributed by atoms with van der Waals surface area (Å²) in [4.78, 5) is 10.8. The zero-order valence-electron chi connectivity index (χ0n) is 9.70. The van der Waals surface area contributed by atoms with Crippen LogP contribution >= 0.6 is 11.6 Å². The highest BCUT2D eigenvalue weighted by atomic mass is 35.5. The maximum atomic E-state index is 13.5. The Kier molecular flexibility index (Phi) is 4.12. The second kappa shape index (κ2) is 5.80. The van der Waals surface area contributed by atoms with Gasteiger partial charge in [-0.2, -0.15) is 0 Å². The number of hydrogen-bond donors (Lipinski definition) is 0. The van der Waals surface area contributed by atoms with Crippen LogP contribution in [-0.2, 0) is 6.61 Å². The van der Waals surface area contributed by atoms with E-state index in [1.54, 1.807) is 0 Å². The lowest BCUT2D eigenvalue weighted by Crippen LogP contribution is -2.01. The monoisotopic (exact) mass is 282 g/mol. The van der Waals surface area contributed by atoms with Gasteiger partial charge in [0, 0.05) is 10.6 Å². The van der Waals surface area contributed by atoms with Gasteiger partial charge in [0.25, 0.3) is 0 Å². The highest BCUT2D eigenvalue weighted by Crippen LogP contribution is 2.22. The maximum absolute atomic E-state index is 13.5. The zero-order valence-corrected chi connectivity index (χ0v) is 10.5. The van der Waals surface area contributed by atoms with Crippen LogP contribution in [0.4, 0.5) is 8.78 Å². The Hall–Kier alpha value is -1.94. The minimum atomic E-state index is -0.677. The van der Waals surface area contributed by atoms with Crippen LogP contribution in [0.15, 0.2) is 36.4 Å². The number of rotatable bonds is 4. The van der Waals surface area contributed by atoms with Crippen molar-refractivity contribution in [3.05, 3.63) is 64.2 Å². The van der Waals surface area contributed by atoms with Gasteiger partial charge in [0.15, 0.2) is 6.29 Å². The van der Waals surface area contributed by atoms with Crippen molar-refractivity contribution in [2.75, 3.05) is 0 Å². The molecule has 0 unspecified atom stereocenters. The predicted octanol–water partition coefficient (Wildman–Crippen LogP) is 4.01. The molecular weight excluding hydrogens is 274 g/mol. The van der Waals surface area contributed by atoms with Gasteiger partial charge in [-0.15, -0.1) is 0 Å². The van der Waals surface area contributed by atoms with Crippen molar-refractivity contribution in [2.24, 2.45) is 0 Å². The molecule has 2 rings (SSSR count). The van der Waals surface area contributed by atoms with Gasteiger partial charge in [0.1, 0.15) is 24.0 Å². The van der Waals surface area contributed by atoms with E-state index in [-0.39, 0.29) is 28.5 Å². The molecule has 0 heterocycles. The summed E-state index contributed by atoms with van der Waals surface area (Å²) in [6, 6.07) is 8.16. The normalized spacial score (nSPS) is 10.3. The van der Waals surface area contributed by atoms with Crippen molar-refractivity contribution in [3.8, 4) is 5.75 Å². The Morgan fingerprint density at radius 1 is 1.16 bits per heavy atom. The predicted molar refractivity (Wildman–Crippen MR) is 67.5 cm³/mol. The van der Waals surface area contributed by atoms with Crippen molar-refractivity contribution < 1.29 is 18.3 Å². The smallest absolute Gasteiger partial charge is 0.156 e. The second-order valence-corrected chi connectivity index (χ2v) is 4.23. The number of ether oxygens (including phenoxy) is 1. The fraction of sp³-hybridized carbons (Fsp3) is 0.0714. The van der Waals surface area contributed by atoms with E-state index in [1.807, 2.05) is 0 Å². The van der Waals surface area contributed by atoms with E-state index in [2.05, 4.69) is 0 Å². The lowest BCUT2D eigenvalue weighted by molar-refractivity contribution is 0.111. The largest absolute Gasteiger partial charge is 0.488 e. The number of benzene rings is 2. The van der Waals surface area contributed by atoms with Crippen LogP contribution in [0.3, 0.4) is 0 Å². The lowest BCUT2D eigenvalue weighted by Gasteiger charge is -2.09. The molecular formula is C14H9ClF2O2. The molecule has 2 nitrogen and oxygen atoms in total. The standard InChI is InChI=1S/C14H9ClF2O2/c15-10-5-4-9(13(17)6-10)8-19-14-3-1-2-12(16)11(14)7-18/h1-7H,8H2. The molecule has 2 aromatic rings. The molecule has 0 radical (unpaired) electrons. The average molecular weight is 283 g/mol. The number of halogens is 3. The first kappa shape index (κ1) is 13.5. The van der Waals surface area contributed by atoms with Gasteiger partial charge >= 0.3 is 0 Å². The molecule has 0 N–H and O–H groups in total. The summed E-state index contributed by atoms with van der Waals surface area (Å²) in [6.45, 7) is -0.118. The number of aldehydes is 1. The van der Waals surface area contributed by atoms with E-state index in [4.69, 9.17) is 16.3 Å². The van der Waals surface area contributed by atoms with Crippen molar-refractivity contribution in [3.63, 3.8) is 0 Å². The van der Waals surface area contributed by atoms with Crippen molar-refractivity contribution in [2.45, 2.75) is 6.61 Å². The molecule has 0 atom stereocenters. The minimum absolute atomic E-state index is 0.0735. The maximum Gasteiger partial charge on any atom is 0.156 e. The topological polar surface area (TPSA) is 26.3 Å². The third-order valence-electron chi connectivity index (χ3n) is 2.53. The SMILES string of the molecule is O=Cc1c(F)cccc1OCc1ccc(Cl)cc1F. The fourth-order valence-corrected chi connectivity index (χ4v) is 1.71. The first-order valence-electron chi connectivity index (χ1n) is 5.42. The van der Waals surface area contributed by atoms with E-state index < -0.39 is 11.6 Å². The van der Waals surface area contributed by atoms with Crippen LogP contribution in [0.1, 0.15) is 15.9 Å². The quantitative estimate of drug-likeness (QED) is 0.792. The average Bonchev–Trinajstić information content (AvgIpc) is 2.38. The molecule has 0 spiro atoms. The Bertz CT molecular complexity index is 614. The summed E-state index contributed by atoms with van der Waals surface area (Å²) in [6.07, 6.45) is 0.364. The van der Waals surface area contributed by atoms with E-state index in [1.165, 1.54) is 24.3 Å². The zero-order chi connectivity index (χ0) is 13.8. The highest BCUT2D eigenvalue weighted by Gasteiger charge is 2.10. The van der Waals surface area contributed by atoms with Crippen molar-refractivity contribution in [1.29, 1.82) is 0 Å². The molecule has 0 fully saturated rings. The number of hydrogen-bond acceptors (Lipinski definition) is 2. The van der Waals surface area contributed by atoms with Gasteiger partial charge in [-0.1, -0.05) is 23.7 Å². The number of carbonyl (C=O) groups is 1. The summed E-state index contributed by atoms with van der Waals surface area (Å²) in [7, 11) is 0. The van der Waals surface area contributed by atoms with Gasteiger partial charge in [0.2, 0.25) is 0 Å². The third-order valence-corrected chi connectivity index (χ3v) is 2.76. The van der Waals surface area contributed by atoms with Gasteiger partial charge < -0.3 is 4.74 Å². The Labute approximate surface area is 113 Å². The number of carbonyl (C=O) groups excluding carboxylic acids is 1. The minimum Gasteiger partial charge on any atom is -0.488 e. The van der Waals surface area contributed by atoms with E-state index in [9.17, 15) is 13.6 Å². The van der Waals surface area contributed by atoms with Crippen LogP contribution < -0.4 is 4.74 Å². The summed E-state index contributed by atoms with van der Waals surface area (Å²) in [5.74, 6) is -1.12. The molecule has 0 saturated heterocycles. The molecule has 0 amide bonds. The molecule has 0 saturated carbocycles. The molecule has 0 aliphatic heterocycles. The molecule has 0 aromatic heterocycles. The Morgan fingerprint density at radius 3 is 2.63 bits per heavy atom. The van der Waals surface area contributed by atoms with Crippen LogP contribution in [0.5, 0.6) is 5.75 Å². The molecule has 98 valence electrons. The summed E-state index contributed by atoms with van der Waals surface area (Å²) in [5, 5.41) is 0.278. The fourth-order valence-electron chi connectivity index (χ4n) is 1.55. The van der Waals surface area contributed by atoms with Crippen LogP contribution in [-0.4, -0.2) is 6.29 Å². The Morgan fingerprint density at radius 2 is 1.95 bits per heavy atom. The highest BCUT2D eigenvalue weighted by molar-refractivity contribution is 6.30. The molecule has 0 bridgehead atoms. The second-order valence-electron chi connectivity index (χ2n) is 3.79. The summed E-state index contributed by atoms with van der Waals surface area (Å²) in [5.41, 5.74) is 0.0855. The van der Waals surface area contributed by atoms with Crippen LogP contribution in [0.2, 0.25) is 5.02 Å². The Balaban J connectivity index is 2.19. The summed E-state index contributed by atoms with van der Waals surface area (Å²) >= 11 is 5.63. The summed E-state index contributed by atoms with van der Waals surface area (Å²) < 4.78 is 32.1. The van der Waals surface area contributed by atoms with Gasteiger partial charge in [-0.25, -0.2) is 8.78 Å². The van der Waals surface area contributed by atoms with Crippen LogP contribution in [0, 0.1) is 11.6 Å². The third kappa shape index (κ3) is 3.09. The molecule has 5 heteroatoms. The van der Waals surface area contributed by atoms with E-state index in [0.717, 1.165) is 12.1 Å². The lowest BCUT2D eigenvalue weighted by atomic mass is 10.2. The first-order valence-corrected chi connectivity index (χ1v) is 5.80. The molecule has 0 aliphatic rings. The molecule has 2 aromatic carbocycles. The van der Waals surface area contributed by atoms with Crippen molar-refractivity contribution >= 4 is 17.9 Å². The van der Waals surface area contributed by atoms with Crippen molar-refractivity contribution in [1.82, 2.24) is 0 Å². The first-order chi connectivity index (χ1) is 9.11. The molecule has 19 heavy (non-hydrogen) atoms. The van der Waals surface area contributed by atoms with Gasteiger partial charge in [0.05, 0.1) is 5.56 Å². The van der Waals surface area contributed by atoms with E-state index >= 15 is 0 Å².